The number of hydrogen-bond donors (Lipinski definition) is 2. The molecule has 0 amide bonds. The molecule has 122 valence electrons. The van der Waals surface area contributed by atoms with Crippen molar-refractivity contribution < 1.29 is 5.11 Å². The first-order valence-corrected chi connectivity index (χ1v) is 8.59. The summed E-state index contributed by atoms with van der Waals surface area (Å²) in [5.74, 6) is 0. The Balaban J connectivity index is 1.51. The van der Waals surface area contributed by atoms with Crippen LogP contribution in [0, 0.1) is 0 Å². The molecule has 4 heteroatoms. The summed E-state index contributed by atoms with van der Waals surface area (Å²) in [5.41, 5.74) is 3.59. The molecule has 0 spiro atoms. The Morgan fingerprint density at radius 1 is 1.00 bits per heavy atom. The maximum atomic E-state index is 8.96. The number of piperidine rings is 1. The summed E-state index contributed by atoms with van der Waals surface area (Å²) in [6.07, 6.45) is 2.97. The van der Waals surface area contributed by atoms with Gasteiger partial charge in [0.2, 0.25) is 0 Å². The van der Waals surface area contributed by atoms with Gasteiger partial charge in [0.15, 0.2) is 0 Å². The topological polar surface area (TPSA) is 35.5 Å². The van der Waals surface area contributed by atoms with E-state index < -0.39 is 0 Å². The van der Waals surface area contributed by atoms with Gasteiger partial charge in [0, 0.05) is 42.1 Å². The maximum absolute atomic E-state index is 8.96. The Morgan fingerprint density at radius 3 is 2.26 bits per heavy atom. The first-order valence-electron chi connectivity index (χ1n) is 8.21. The summed E-state index contributed by atoms with van der Waals surface area (Å²) in [4.78, 5) is 2.42. The first-order chi connectivity index (χ1) is 11.2. The second kappa shape index (κ2) is 7.71. The Labute approximate surface area is 142 Å². The van der Waals surface area contributed by atoms with Gasteiger partial charge in [-0.3, -0.25) is 0 Å². The predicted octanol–water partition coefficient (Wildman–Crippen LogP) is 3.96. The lowest BCUT2D eigenvalue weighted by atomic mass is 10.0. The van der Waals surface area contributed by atoms with Crippen molar-refractivity contribution in [2.24, 2.45) is 0 Å². The van der Waals surface area contributed by atoms with Gasteiger partial charge in [0.25, 0.3) is 0 Å². The van der Waals surface area contributed by atoms with Crippen molar-refractivity contribution in [3.63, 3.8) is 0 Å². The van der Waals surface area contributed by atoms with Crippen LogP contribution >= 0.6 is 11.6 Å². The van der Waals surface area contributed by atoms with Gasteiger partial charge in [-0.2, -0.15) is 0 Å². The number of benzene rings is 2. The molecule has 0 aromatic heterocycles. The number of aliphatic hydroxyl groups excluding tert-OH is 1. The molecule has 0 aliphatic carbocycles. The number of anilines is 2. The van der Waals surface area contributed by atoms with Gasteiger partial charge in [-0.1, -0.05) is 23.7 Å². The number of nitrogens with one attached hydrogen (secondary N) is 1. The quantitative estimate of drug-likeness (QED) is 0.871. The molecule has 2 aromatic carbocycles. The smallest absolute Gasteiger partial charge is 0.0471 e. The lowest BCUT2D eigenvalue weighted by Crippen LogP contribution is -2.39. The number of hydrogen-bond acceptors (Lipinski definition) is 3. The number of halogens is 1. The minimum Gasteiger partial charge on any atom is -0.396 e. The molecule has 1 heterocycles. The maximum Gasteiger partial charge on any atom is 0.0471 e. The van der Waals surface area contributed by atoms with Crippen LogP contribution in [0.15, 0.2) is 48.5 Å². The highest BCUT2D eigenvalue weighted by atomic mass is 35.5. The zero-order valence-electron chi connectivity index (χ0n) is 13.2. The van der Waals surface area contributed by atoms with E-state index in [0.29, 0.717) is 6.04 Å². The van der Waals surface area contributed by atoms with Crippen LogP contribution in [0.1, 0.15) is 18.4 Å². The molecule has 1 aliphatic rings. The number of rotatable bonds is 5. The monoisotopic (exact) mass is 330 g/mol. The van der Waals surface area contributed by atoms with Gasteiger partial charge in [-0.05, 0) is 61.2 Å². The summed E-state index contributed by atoms with van der Waals surface area (Å²) in [6, 6.07) is 17.0. The molecule has 1 saturated heterocycles. The molecule has 2 aromatic rings. The van der Waals surface area contributed by atoms with Crippen LogP contribution in [0.5, 0.6) is 0 Å². The predicted molar refractivity (Wildman–Crippen MR) is 97.5 cm³/mol. The third-order valence-corrected chi connectivity index (χ3v) is 4.66. The molecule has 1 fully saturated rings. The highest BCUT2D eigenvalue weighted by molar-refractivity contribution is 6.30. The van der Waals surface area contributed by atoms with E-state index in [1.165, 1.54) is 11.3 Å². The van der Waals surface area contributed by atoms with E-state index in [0.717, 1.165) is 43.1 Å². The highest BCUT2D eigenvalue weighted by Crippen LogP contribution is 2.23. The van der Waals surface area contributed by atoms with E-state index in [-0.39, 0.29) is 6.61 Å². The van der Waals surface area contributed by atoms with Crippen LogP contribution in [0.25, 0.3) is 0 Å². The number of aliphatic hydroxyl groups is 1. The zero-order chi connectivity index (χ0) is 16.1. The molecule has 0 radical (unpaired) electrons. The molecular weight excluding hydrogens is 308 g/mol. The normalized spacial score (nSPS) is 15.7. The Morgan fingerprint density at radius 2 is 1.65 bits per heavy atom. The second-order valence-electron chi connectivity index (χ2n) is 6.05. The lowest BCUT2D eigenvalue weighted by molar-refractivity contribution is 0.299. The van der Waals surface area contributed by atoms with Crippen molar-refractivity contribution >= 4 is 23.0 Å². The van der Waals surface area contributed by atoms with E-state index in [2.05, 4.69) is 46.6 Å². The van der Waals surface area contributed by atoms with Crippen LogP contribution in [0.4, 0.5) is 11.4 Å². The molecule has 0 atom stereocenters. The second-order valence-corrected chi connectivity index (χ2v) is 6.49. The molecule has 1 aliphatic heterocycles. The summed E-state index contributed by atoms with van der Waals surface area (Å²) < 4.78 is 0. The minimum atomic E-state index is 0.204. The van der Waals surface area contributed by atoms with Gasteiger partial charge in [-0.25, -0.2) is 0 Å². The summed E-state index contributed by atoms with van der Waals surface area (Å²) in [5, 5.41) is 13.4. The van der Waals surface area contributed by atoms with Crippen LogP contribution in [-0.4, -0.2) is 30.8 Å². The van der Waals surface area contributed by atoms with Gasteiger partial charge >= 0.3 is 0 Å². The van der Waals surface area contributed by atoms with E-state index in [9.17, 15) is 0 Å². The summed E-state index contributed by atoms with van der Waals surface area (Å²) in [6.45, 7) is 2.32. The zero-order valence-corrected chi connectivity index (χ0v) is 14.0. The minimum absolute atomic E-state index is 0.204. The molecular formula is C19H23ClN2O. The van der Waals surface area contributed by atoms with Gasteiger partial charge in [-0.15, -0.1) is 0 Å². The van der Waals surface area contributed by atoms with Crippen molar-refractivity contribution in [2.75, 3.05) is 29.9 Å². The van der Waals surface area contributed by atoms with Crippen molar-refractivity contribution in [3.8, 4) is 0 Å². The molecule has 23 heavy (non-hydrogen) atoms. The van der Waals surface area contributed by atoms with E-state index in [1.807, 2.05) is 12.1 Å². The first kappa shape index (κ1) is 16.2. The lowest BCUT2D eigenvalue weighted by Gasteiger charge is -2.34. The molecule has 0 bridgehead atoms. The third kappa shape index (κ3) is 4.40. The van der Waals surface area contributed by atoms with Crippen LogP contribution in [-0.2, 0) is 6.42 Å². The average molecular weight is 331 g/mol. The van der Waals surface area contributed by atoms with Crippen LogP contribution in [0.3, 0.4) is 0 Å². The number of nitrogens with zero attached hydrogens (tertiary/aromatic N) is 1. The molecule has 0 saturated carbocycles. The Kier molecular flexibility index (Phi) is 5.42. The Hall–Kier alpha value is -1.71. The van der Waals surface area contributed by atoms with Crippen molar-refractivity contribution in [2.45, 2.75) is 25.3 Å². The van der Waals surface area contributed by atoms with Crippen molar-refractivity contribution in [1.29, 1.82) is 0 Å². The Bertz CT molecular complexity index is 604. The van der Waals surface area contributed by atoms with Gasteiger partial charge in [0.05, 0.1) is 0 Å². The third-order valence-electron chi connectivity index (χ3n) is 4.41. The van der Waals surface area contributed by atoms with Crippen LogP contribution < -0.4 is 10.2 Å². The fourth-order valence-corrected chi connectivity index (χ4v) is 3.19. The molecule has 0 unspecified atom stereocenters. The SMILES string of the molecule is OCCc1ccc(NC2CCN(c3ccc(Cl)cc3)CC2)cc1. The van der Waals surface area contributed by atoms with Gasteiger partial charge in [0.1, 0.15) is 0 Å². The van der Waals surface area contributed by atoms with Crippen LogP contribution in [0.2, 0.25) is 5.02 Å². The summed E-state index contributed by atoms with van der Waals surface area (Å²) in [7, 11) is 0. The summed E-state index contributed by atoms with van der Waals surface area (Å²) >= 11 is 5.95. The van der Waals surface area contributed by atoms with Crippen molar-refractivity contribution in [1.82, 2.24) is 0 Å². The van der Waals surface area contributed by atoms with E-state index >= 15 is 0 Å². The fourth-order valence-electron chi connectivity index (χ4n) is 3.07. The van der Waals surface area contributed by atoms with Gasteiger partial charge < -0.3 is 15.3 Å². The molecule has 3 rings (SSSR count). The van der Waals surface area contributed by atoms with Crippen molar-refractivity contribution in [3.05, 3.63) is 59.1 Å². The van der Waals surface area contributed by atoms with E-state index in [4.69, 9.17) is 16.7 Å². The van der Waals surface area contributed by atoms with E-state index in [1.54, 1.807) is 0 Å². The highest BCUT2D eigenvalue weighted by Gasteiger charge is 2.19. The average Bonchev–Trinajstić information content (AvgIpc) is 2.58. The molecule has 3 nitrogen and oxygen atoms in total. The largest absolute Gasteiger partial charge is 0.396 e. The molecule has 2 N–H and O–H groups in total. The fraction of sp³-hybridized carbons (Fsp3) is 0.368. The standard InChI is InChI=1S/C19H23ClN2O/c20-16-3-7-19(8-4-16)22-12-9-18(10-13-22)21-17-5-1-15(2-6-17)11-14-23/h1-8,18,21,23H,9-14H2.